The van der Waals surface area contributed by atoms with Crippen molar-refractivity contribution in [3.63, 3.8) is 0 Å². The average Bonchev–Trinajstić information content (AvgIpc) is 3.21. The van der Waals surface area contributed by atoms with Gasteiger partial charge in [-0.1, -0.05) is 12.1 Å². The van der Waals surface area contributed by atoms with Crippen LogP contribution in [-0.2, 0) is 17.5 Å². The summed E-state index contributed by atoms with van der Waals surface area (Å²) in [6.45, 7) is 4.36. The molecule has 0 aliphatic rings. The lowest BCUT2D eigenvalue weighted by Crippen LogP contribution is -2.30. The van der Waals surface area contributed by atoms with E-state index in [-0.39, 0.29) is 17.9 Å². The minimum Gasteiger partial charge on any atom is -0.496 e. The predicted molar refractivity (Wildman–Crippen MR) is 114 cm³/mol. The zero-order valence-electron chi connectivity index (χ0n) is 18.2. The van der Waals surface area contributed by atoms with Crippen molar-refractivity contribution in [3.8, 4) is 11.4 Å². The first-order chi connectivity index (χ1) is 15.1. The summed E-state index contributed by atoms with van der Waals surface area (Å²) in [5.41, 5.74) is 2.39. The number of nitrogens with zero attached hydrogens (tertiary/aromatic N) is 4. The summed E-state index contributed by atoms with van der Waals surface area (Å²) >= 11 is 0. The van der Waals surface area contributed by atoms with Crippen molar-refractivity contribution in [3.05, 3.63) is 65.2 Å². The van der Waals surface area contributed by atoms with Crippen LogP contribution in [0.25, 0.3) is 5.69 Å². The molecule has 3 aromatic rings. The van der Waals surface area contributed by atoms with Crippen LogP contribution in [0.4, 0.5) is 18.9 Å². The molecule has 10 heteroatoms. The molecule has 0 aliphatic carbocycles. The number of hydrogen-bond donors (Lipinski definition) is 1. The minimum absolute atomic E-state index is 0.000128. The van der Waals surface area contributed by atoms with Crippen molar-refractivity contribution >= 4 is 11.6 Å². The largest absolute Gasteiger partial charge is 0.496 e. The zero-order chi connectivity index (χ0) is 23.5. The number of ether oxygens (including phenoxy) is 1. The predicted octanol–water partition coefficient (Wildman–Crippen LogP) is 3.98. The first kappa shape index (κ1) is 23.3. The number of likely N-dealkylation sites (N-methyl/N-ethyl adjacent to an activating group) is 1. The van der Waals surface area contributed by atoms with Crippen LogP contribution in [0.1, 0.15) is 22.3 Å². The fraction of sp³-hybridized carbons (Fsp3) is 0.318. The summed E-state index contributed by atoms with van der Waals surface area (Å²) in [5.74, 6) is 0.370. The van der Waals surface area contributed by atoms with Gasteiger partial charge < -0.3 is 10.1 Å². The van der Waals surface area contributed by atoms with Crippen LogP contribution < -0.4 is 10.1 Å². The number of nitrogens with one attached hydrogen (secondary N) is 1. The summed E-state index contributed by atoms with van der Waals surface area (Å²) in [7, 11) is 3.38. The summed E-state index contributed by atoms with van der Waals surface area (Å²) in [6.07, 6.45) is -1.93. The molecule has 1 aromatic heterocycles. The maximum atomic E-state index is 13.2. The Balaban J connectivity index is 1.75. The van der Waals surface area contributed by atoms with Crippen molar-refractivity contribution in [2.45, 2.75) is 26.6 Å². The molecule has 0 spiro atoms. The molecule has 0 bridgehead atoms. The van der Waals surface area contributed by atoms with Gasteiger partial charge in [0.15, 0.2) is 0 Å². The molecular weight excluding hydrogens is 423 g/mol. The molecule has 0 saturated carbocycles. The molecule has 2 aromatic carbocycles. The lowest BCUT2D eigenvalue weighted by molar-refractivity contribution is -0.137. The summed E-state index contributed by atoms with van der Waals surface area (Å²) < 4.78 is 46.2. The fourth-order valence-electron chi connectivity index (χ4n) is 3.60. The van der Waals surface area contributed by atoms with Crippen LogP contribution in [0.5, 0.6) is 5.75 Å². The van der Waals surface area contributed by atoms with Gasteiger partial charge in [-0.2, -0.15) is 18.3 Å². The van der Waals surface area contributed by atoms with Crippen LogP contribution in [-0.4, -0.2) is 46.3 Å². The molecule has 0 atom stereocenters. The van der Waals surface area contributed by atoms with Gasteiger partial charge in [0.25, 0.3) is 0 Å². The number of anilines is 1. The molecule has 7 nitrogen and oxygen atoms in total. The van der Waals surface area contributed by atoms with Gasteiger partial charge in [0.2, 0.25) is 5.91 Å². The van der Waals surface area contributed by atoms with Crippen molar-refractivity contribution in [1.82, 2.24) is 19.7 Å². The highest BCUT2D eigenvalue weighted by molar-refractivity contribution is 5.94. The third kappa shape index (κ3) is 5.44. The maximum absolute atomic E-state index is 13.2. The molecule has 1 heterocycles. The van der Waals surface area contributed by atoms with E-state index in [1.807, 2.05) is 26.0 Å². The second-order valence-electron chi connectivity index (χ2n) is 7.55. The zero-order valence-corrected chi connectivity index (χ0v) is 18.2. The first-order valence-electron chi connectivity index (χ1n) is 9.77. The van der Waals surface area contributed by atoms with Crippen molar-refractivity contribution in [1.29, 1.82) is 0 Å². The Hall–Kier alpha value is -3.40. The molecule has 1 N–H and O–H groups in total. The Bertz CT molecular complexity index is 1070. The maximum Gasteiger partial charge on any atom is 0.416 e. The number of rotatable bonds is 7. The number of benzene rings is 2. The first-order valence-corrected chi connectivity index (χ1v) is 9.77. The normalized spacial score (nSPS) is 11.6. The van der Waals surface area contributed by atoms with E-state index in [4.69, 9.17) is 4.74 Å². The molecule has 3 rings (SSSR count). The highest BCUT2D eigenvalue weighted by Gasteiger charge is 2.31. The van der Waals surface area contributed by atoms with E-state index >= 15 is 0 Å². The molecule has 0 aliphatic heterocycles. The van der Waals surface area contributed by atoms with Gasteiger partial charge in [0.1, 0.15) is 18.4 Å². The number of amides is 1. The van der Waals surface area contributed by atoms with Crippen molar-refractivity contribution in [2.24, 2.45) is 0 Å². The standard InChI is InChI=1S/C22H24F3N5O2/c1-14-7-16(8-15(2)21(14)32-4)10-29(3)11-20(31)28-18-9-17(22(23,24)25)5-6-19(18)30-13-26-12-27-30/h5-9,12-13H,10-11H2,1-4H3,(H,28,31). The Morgan fingerprint density at radius 1 is 1.19 bits per heavy atom. The van der Waals surface area contributed by atoms with Crippen LogP contribution >= 0.6 is 0 Å². The van der Waals surface area contributed by atoms with Gasteiger partial charge in [-0.15, -0.1) is 0 Å². The lowest BCUT2D eigenvalue weighted by atomic mass is 10.1. The smallest absolute Gasteiger partial charge is 0.416 e. The molecule has 0 saturated heterocycles. The number of carbonyl (C=O) groups excluding carboxylic acids is 1. The number of carbonyl (C=O) groups is 1. The van der Waals surface area contributed by atoms with E-state index < -0.39 is 17.6 Å². The highest BCUT2D eigenvalue weighted by Crippen LogP contribution is 2.33. The van der Waals surface area contributed by atoms with Gasteiger partial charge >= 0.3 is 6.18 Å². The number of halogens is 3. The van der Waals surface area contributed by atoms with Crippen LogP contribution in [0.2, 0.25) is 0 Å². The fourth-order valence-corrected chi connectivity index (χ4v) is 3.60. The van der Waals surface area contributed by atoms with Crippen molar-refractivity contribution < 1.29 is 22.7 Å². The molecule has 0 fully saturated rings. The van der Waals surface area contributed by atoms with Gasteiger partial charge in [-0.05, 0) is 55.8 Å². The Morgan fingerprint density at radius 2 is 1.88 bits per heavy atom. The van der Waals surface area contributed by atoms with Gasteiger partial charge in [0, 0.05) is 6.54 Å². The monoisotopic (exact) mass is 447 g/mol. The topological polar surface area (TPSA) is 72.3 Å². The number of alkyl halides is 3. The van der Waals surface area contributed by atoms with E-state index in [0.29, 0.717) is 6.54 Å². The molecule has 170 valence electrons. The van der Waals surface area contributed by atoms with Gasteiger partial charge in [-0.3, -0.25) is 9.69 Å². The number of hydrogen-bond acceptors (Lipinski definition) is 5. The Morgan fingerprint density at radius 3 is 2.44 bits per heavy atom. The lowest BCUT2D eigenvalue weighted by Gasteiger charge is -2.19. The third-order valence-corrected chi connectivity index (χ3v) is 4.85. The van der Waals surface area contributed by atoms with Gasteiger partial charge in [-0.25, -0.2) is 9.67 Å². The number of methoxy groups -OCH3 is 1. The molecule has 32 heavy (non-hydrogen) atoms. The van der Waals surface area contributed by atoms with E-state index in [1.165, 1.54) is 23.4 Å². The number of aromatic nitrogens is 3. The Labute approximate surface area is 183 Å². The van der Waals surface area contributed by atoms with Crippen LogP contribution in [0.3, 0.4) is 0 Å². The summed E-state index contributed by atoms with van der Waals surface area (Å²) in [4.78, 5) is 18.2. The number of aryl methyl sites for hydroxylation is 2. The third-order valence-electron chi connectivity index (χ3n) is 4.85. The average molecular weight is 447 g/mol. The molecule has 0 radical (unpaired) electrons. The summed E-state index contributed by atoms with van der Waals surface area (Å²) in [5, 5.41) is 6.53. The van der Waals surface area contributed by atoms with E-state index in [0.717, 1.165) is 34.6 Å². The SMILES string of the molecule is COc1c(C)cc(CN(C)CC(=O)Nc2cc(C(F)(F)F)ccc2-n2cncn2)cc1C. The highest BCUT2D eigenvalue weighted by atomic mass is 19.4. The summed E-state index contributed by atoms with van der Waals surface area (Å²) in [6, 6.07) is 7.05. The van der Waals surface area contributed by atoms with Gasteiger partial charge in [0.05, 0.1) is 30.6 Å². The van der Waals surface area contributed by atoms with Crippen molar-refractivity contribution in [2.75, 3.05) is 26.0 Å². The van der Waals surface area contributed by atoms with E-state index in [2.05, 4.69) is 15.4 Å². The quantitative estimate of drug-likeness (QED) is 0.593. The Kier molecular flexibility index (Phi) is 6.83. The minimum atomic E-state index is -4.54. The molecule has 0 unspecified atom stereocenters. The second-order valence-corrected chi connectivity index (χ2v) is 7.55. The van der Waals surface area contributed by atoms with Crippen LogP contribution in [0, 0.1) is 13.8 Å². The molecule has 1 amide bonds. The van der Waals surface area contributed by atoms with E-state index in [9.17, 15) is 18.0 Å². The second kappa shape index (κ2) is 9.39. The van der Waals surface area contributed by atoms with E-state index in [1.54, 1.807) is 19.1 Å². The molecular formula is C22H24F3N5O2. The van der Waals surface area contributed by atoms with Crippen LogP contribution in [0.15, 0.2) is 43.0 Å².